The van der Waals surface area contributed by atoms with Gasteiger partial charge in [-0.1, -0.05) is 24.3 Å². The predicted molar refractivity (Wildman–Crippen MR) is 89.9 cm³/mol. The number of carboxylic acid groups (broad SMARTS) is 1. The van der Waals surface area contributed by atoms with Crippen LogP contribution >= 0.6 is 0 Å². The van der Waals surface area contributed by atoms with Crippen molar-refractivity contribution < 1.29 is 23.2 Å². The van der Waals surface area contributed by atoms with E-state index >= 15 is 0 Å². The minimum atomic E-state index is -4.15. The number of nitro groups is 1. The van der Waals surface area contributed by atoms with E-state index in [9.17, 15) is 23.3 Å². The summed E-state index contributed by atoms with van der Waals surface area (Å²) in [7, 11) is -2.86. The molecule has 2 rings (SSSR count). The summed E-state index contributed by atoms with van der Waals surface area (Å²) in [6.45, 7) is 1.58. The van der Waals surface area contributed by atoms with E-state index in [0.29, 0.717) is 5.56 Å². The zero-order valence-electron chi connectivity index (χ0n) is 13.5. The third kappa shape index (κ3) is 3.67. The molecule has 0 aromatic heterocycles. The zero-order valence-corrected chi connectivity index (χ0v) is 14.3. The van der Waals surface area contributed by atoms with Crippen molar-refractivity contribution in [2.45, 2.75) is 17.9 Å². The monoisotopic (exact) mass is 364 g/mol. The maximum Gasteiger partial charge on any atom is 0.335 e. The summed E-state index contributed by atoms with van der Waals surface area (Å²) in [5.74, 6) is -1.13. The van der Waals surface area contributed by atoms with Crippen molar-refractivity contribution in [1.82, 2.24) is 4.31 Å². The molecule has 0 saturated carbocycles. The van der Waals surface area contributed by atoms with Gasteiger partial charge in [-0.05, 0) is 30.7 Å². The van der Waals surface area contributed by atoms with Gasteiger partial charge < -0.3 is 5.11 Å². The molecule has 0 amide bonds. The van der Waals surface area contributed by atoms with Crippen molar-refractivity contribution in [3.8, 4) is 0 Å². The summed E-state index contributed by atoms with van der Waals surface area (Å²) in [5.41, 5.74) is -0.0220. The smallest absolute Gasteiger partial charge is 0.335 e. The van der Waals surface area contributed by atoms with Crippen LogP contribution in [-0.4, -0.2) is 35.8 Å². The fraction of sp³-hybridized carbons (Fsp3) is 0.188. The molecule has 0 heterocycles. The highest BCUT2D eigenvalue weighted by Crippen LogP contribution is 2.30. The van der Waals surface area contributed by atoms with Crippen molar-refractivity contribution in [2.75, 3.05) is 7.05 Å². The van der Waals surface area contributed by atoms with Crippen LogP contribution in [0.25, 0.3) is 0 Å². The number of carboxylic acids is 1. The Labute approximate surface area is 144 Å². The van der Waals surface area contributed by atoms with E-state index < -0.39 is 37.5 Å². The van der Waals surface area contributed by atoms with Gasteiger partial charge in [0.1, 0.15) is 0 Å². The highest BCUT2D eigenvalue weighted by Gasteiger charge is 2.32. The van der Waals surface area contributed by atoms with Crippen LogP contribution in [0.5, 0.6) is 0 Å². The van der Waals surface area contributed by atoms with Crippen LogP contribution in [0.3, 0.4) is 0 Å². The Bertz CT molecular complexity index is 926. The molecule has 0 spiro atoms. The molecule has 0 bridgehead atoms. The maximum absolute atomic E-state index is 12.8. The fourth-order valence-electron chi connectivity index (χ4n) is 2.33. The Morgan fingerprint density at radius 1 is 1.20 bits per heavy atom. The van der Waals surface area contributed by atoms with E-state index in [0.717, 1.165) is 10.4 Å². The molecule has 0 radical (unpaired) electrons. The van der Waals surface area contributed by atoms with Crippen molar-refractivity contribution >= 4 is 21.7 Å². The lowest BCUT2D eigenvalue weighted by atomic mass is 10.1. The van der Waals surface area contributed by atoms with Gasteiger partial charge in [0.2, 0.25) is 10.0 Å². The van der Waals surface area contributed by atoms with Gasteiger partial charge in [0.05, 0.1) is 10.5 Å². The topological polar surface area (TPSA) is 118 Å². The van der Waals surface area contributed by atoms with Crippen LogP contribution in [0.4, 0.5) is 5.69 Å². The summed E-state index contributed by atoms with van der Waals surface area (Å²) in [4.78, 5) is 21.0. The minimum absolute atomic E-state index is 0.0286. The summed E-state index contributed by atoms with van der Waals surface area (Å²) >= 11 is 0. The number of hydrogen-bond donors (Lipinski definition) is 1. The Kier molecular flexibility index (Phi) is 5.19. The third-order valence-corrected chi connectivity index (χ3v) is 5.86. The van der Waals surface area contributed by atoms with Gasteiger partial charge in [-0.15, -0.1) is 0 Å². The molecule has 9 heteroatoms. The first-order valence-corrected chi connectivity index (χ1v) is 8.65. The number of aromatic carboxylic acids is 1. The molecule has 1 atom stereocenters. The average molecular weight is 364 g/mol. The van der Waals surface area contributed by atoms with E-state index in [1.54, 1.807) is 13.0 Å². The number of sulfonamides is 1. The number of rotatable bonds is 6. The molecule has 0 aliphatic rings. The lowest BCUT2D eigenvalue weighted by molar-refractivity contribution is -0.387. The molecule has 0 fully saturated rings. The quantitative estimate of drug-likeness (QED) is 0.622. The van der Waals surface area contributed by atoms with Gasteiger partial charge in [-0.25, -0.2) is 13.2 Å². The molecule has 25 heavy (non-hydrogen) atoms. The third-order valence-electron chi connectivity index (χ3n) is 3.88. The van der Waals surface area contributed by atoms with E-state index in [1.165, 1.54) is 43.4 Å². The van der Waals surface area contributed by atoms with Crippen molar-refractivity contribution in [3.63, 3.8) is 0 Å². The summed E-state index contributed by atoms with van der Waals surface area (Å²) < 4.78 is 26.6. The predicted octanol–water partition coefficient (Wildman–Crippen LogP) is 2.67. The second kappa shape index (κ2) is 6.99. The van der Waals surface area contributed by atoms with Gasteiger partial charge in [-0.3, -0.25) is 10.1 Å². The Balaban J connectivity index is 2.45. The van der Waals surface area contributed by atoms with Gasteiger partial charge in [0.25, 0.3) is 5.69 Å². The number of nitro benzene ring substituents is 1. The number of hydrogen-bond acceptors (Lipinski definition) is 5. The van der Waals surface area contributed by atoms with Crippen molar-refractivity contribution in [1.29, 1.82) is 0 Å². The van der Waals surface area contributed by atoms with Gasteiger partial charge >= 0.3 is 5.97 Å². The molecule has 0 aliphatic carbocycles. The van der Waals surface area contributed by atoms with E-state index in [4.69, 9.17) is 5.11 Å². The van der Waals surface area contributed by atoms with E-state index in [2.05, 4.69) is 0 Å². The van der Waals surface area contributed by atoms with Crippen molar-refractivity contribution in [2.24, 2.45) is 0 Å². The van der Waals surface area contributed by atoms with Gasteiger partial charge in [0.15, 0.2) is 4.90 Å². The fourth-order valence-corrected chi connectivity index (χ4v) is 3.84. The summed E-state index contributed by atoms with van der Waals surface area (Å²) in [5, 5.41) is 20.2. The molecule has 1 unspecified atom stereocenters. The van der Waals surface area contributed by atoms with Crippen LogP contribution in [0.15, 0.2) is 53.4 Å². The molecular weight excluding hydrogens is 348 g/mol. The van der Waals surface area contributed by atoms with Crippen LogP contribution in [0.1, 0.15) is 28.9 Å². The first kappa shape index (κ1) is 18.6. The Morgan fingerprint density at radius 2 is 1.84 bits per heavy atom. The number of carbonyl (C=O) groups is 1. The molecule has 2 aromatic carbocycles. The normalized spacial score (nSPS) is 12.8. The van der Waals surface area contributed by atoms with Crippen molar-refractivity contribution in [3.05, 3.63) is 69.8 Å². The number of para-hydroxylation sites is 1. The lowest BCUT2D eigenvalue weighted by Gasteiger charge is -2.24. The SMILES string of the molecule is CC(c1cccc(C(=O)O)c1)N(C)S(=O)(=O)c1ccccc1[N+](=O)[O-]. The molecule has 132 valence electrons. The van der Waals surface area contributed by atoms with E-state index in [-0.39, 0.29) is 5.56 Å². The molecule has 1 N–H and O–H groups in total. The van der Waals surface area contributed by atoms with E-state index in [1.807, 2.05) is 0 Å². The van der Waals surface area contributed by atoms with Crippen LogP contribution in [0, 0.1) is 10.1 Å². The Hall–Kier alpha value is -2.78. The first-order valence-electron chi connectivity index (χ1n) is 7.21. The minimum Gasteiger partial charge on any atom is -0.478 e. The lowest BCUT2D eigenvalue weighted by Crippen LogP contribution is -2.30. The molecule has 0 saturated heterocycles. The standard InChI is InChI=1S/C16H16N2O6S/c1-11(12-6-5-7-13(10-12)16(19)20)17(2)25(23,24)15-9-4-3-8-14(15)18(21)22/h3-11H,1-2H3,(H,19,20). The molecule has 2 aromatic rings. The Morgan fingerprint density at radius 3 is 2.44 bits per heavy atom. The van der Waals surface area contributed by atoms with Gasteiger partial charge in [-0.2, -0.15) is 4.31 Å². The second-order valence-electron chi connectivity index (χ2n) is 5.35. The first-order chi connectivity index (χ1) is 11.7. The molecular formula is C16H16N2O6S. The molecule has 8 nitrogen and oxygen atoms in total. The molecule has 0 aliphatic heterocycles. The highest BCUT2D eigenvalue weighted by molar-refractivity contribution is 7.89. The summed E-state index contributed by atoms with van der Waals surface area (Å²) in [6.07, 6.45) is 0. The zero-order chi connectivity index (χ0) is 18.8. The highest BCUT2D eigenvalue weighted by atomic mass is 32.2. The number of benzene rings is 2. The van der Waals surface area contributed by atoms with Crippen LogP contribution in [0.2, 0.25) is 0 Å². The van der Waals surface area contributed by atoms with Gasteiger partial charge in [0, 0.05) is 19.2 Å². The summed E-state index contributed by atoms with van der Waals surface area (Å²) in [6, 6.07) is 10.3. The average Bonchev–Trinajstić information content (AvgIpc) is 2.60. The largest absolute Gasteiger partial charge is 0.478 e. The number of nitrogens with zero attached hydrogens (tertiary/aromatic N) is 2. The van der Waals surface area contributed by atoms with Crippen LogP contribution in [-0.2, 0) is 10.0 Å². The van der Waals surface area contributed by atoms with Crippen LogP contribution < -0.4 is 0 Å². The second-order valence-corrected chi connectivity index (χ2v) is 7.32. The maximum atomic E-state index is 12.8.